The van der Waals surface area contributed by atoms with Crippen molar-refractivity contribution in [3.63, 3.8) is 0 Å². The molecule has 3 nitrogen and oxygen atoms in total. The molecule has 0 aliphatic heterocycles. The lowest BCUT2D eigenvalue weighted by atomic mass is 10.2. The van der Waals surface area contributed by atoms with Crippen molar-refractivity contribution in [2.24, 2.45) is 0 Å². The molecule has 0 bridgehead atoms. The van der Waals surface area contributed by atoms with Gasteiger partial charge in [0, 0.05) is 12.7 Å². The molecule has 0 amide bonds. The fourth-order valence-corrected chi connectivity index (χ4v) is 1.01. The van der Waals surface area contributed by atoms with Gasteiger partial charge < -0.3 is 14.3 Å². The van der Waals surface area contributed by atoms with E-state index in [2.05, 4.69) is 9.15 Å². The molecule has 0 saturated heterocycles. The zero-order valence-electron chi connectivity index (χ0n) is 7.34. The minimum absolute atomic E-state index is 0.0288. The van der Waals surface area contributed by atoms with Crippen molar-refractivity contribution in [2.45, 2.75) is 18.9 Å². The molecule has 1 atom stereocenters. The van der Waals surface area contributed by atoms with E-state index in [1.54, 1.807) is 0 Å². The van der Waals surface area contributed by atoms with Gasteiger partial charge in [0.05, 0.1) is 12.9 Å². The number of aliphatic hydroxyl groups is 1. The first-order chi connectivity index (χ1) is 6.46. The Morgan fingerprint density at radius 1 is 1.57 bits per heavy atom. The Morgan fingerprint density at radius 2 is 2.21 bits per heavy atom. The number of rotatable bonds is 3. The number of hydrogen-bond donors (Lipinski definition) is 1. The van der Waals surface area contributed by atoms with Crippen LogP contribution in [-0.2, 0) is 11.3 Å². The first-order valence-corrected chi connectivity index (χ1v) is 3.76. The molecule has 80 valence electrons. The fourth-order valence-electron chi connectivity index (χ4n) is 1.01. The number of hydrogen-bond acceptors (Lipinski definition) is 3. The van der Waals surface area contributed by atoms with Crippen LogP contribution < -0.4 is 0 Å². The van der Waals surface area contributed by atoms with Gasteiger partial charge in [-0.25, -0.2) is 0 Å². The summed E-state index contributed by atoms with van der Waals surface area (Å²) >= 11 is 0. The summed E-state index contributed by atoms with van der Waals surface area (Å²) in [6, 6.07) is 1.33. The van der Waals surface area contributed by atoms with Gasteiger partial charge in [-0.1, -0.05) is 0 Å². The van der Waals surface area contributed by atoms with Crippen LogP contribution in [0.25, 0.3) is 0 Å². The quantitative estimate of drug-likeness (QED) is 0.829. The highest BCUT2D eigenvalue weighted by Gasteiger charge is 2.42. The van der Waals surface area contributed by atoms with Crippen molar-refractivity contribution in [3.05, 3.63) is 23.7 Å². The predicted molar refractivity (Wildman–Crippen MR) is 40.4 cm³/mol. The maximum Gasteiger partial charge on any atom is 0.421 e. The Balaban J connectivity index is 2.89. The lowest BCUT2D eigenvalue weighted by Crippen LogP contribution is -2.20. The van der Waals surface area contributed by atoms with E-state index in [4.69, 9.17) is 5.11 Å². The lowest BCUT2D eigenvalue weighted by molar-refractivity contribution is -0.212. The summed E-state index contributed by atoms with van der Waals surface area (Å²) in [6.07, 6.45) is -6.23. The van der Waals surface area contributed by atoms with Crippen LogP contribution in [0.4, 0.5) is 13.2 Å². The second-order valence-electron chi connectivity index (χ2n) is 2.69. The topological polar surface area (TPSA) is 42.6 Å². The number of halogens is 3. The SMILES string of the molecule is COCc1ccoc1[C@H](O)C(F)(F)F. The molecule has 1 aromatic rings. The van der Waals surface area contributed by atoms with Gasteiger partial charge in [0.15, 0.2) is 0 Å². The van der Waals surface area contributed by atoms with Crippen molar-refractivity contribution in [2.75, 3.05) is 7.11 Å². The maximum atomic E-state index is 12.1. The normalized spacial score (nSPS) is 14.4. The fraction of sp³-hybridized carbons (Fsp3) is 0.500. The van der Waals surface area contributed by atoms with Gasteiger partial charge in [-0.3, -0.25) is 0 Å². The molecule has 1 heterocycles. The smallest absolute Gasteiger partial charge is 0.421 e. The van der Waals surface area contributed by atoms with Crippen LogP contribution in [0.3, 0.4) is 0 Å². The van der Waals surface area contributed by atoms with Crippen molar-refractivity contribution in [1.82, 2.24) is 0 Å². The van der Waals surface area contributed by atoms with E-state index < -0.39 is 18.0 Å². The van der Waals surface area contributed by atoms with Crippen LogP contribution in [0.15, 0.2) is 16.7 Å². The first kappa shape index (κ1) is 11.1. The molecule has 1 N–H and O–H groups in total. The summed E-state index contributed by atoms with van der Waals surface area (Å²) in [5.41, 5.74) is 0.192. The van der Waals surface area contributed by atoms with Gasteiger partial charge in [-0.15, -0.1) is 0 Å². The average molecular weight is 210 g/mol. The van der Waals surface area contributed by atoms with Gasteiger partial charge in [-0.05, 0) is 6.07 Å². The number of methoxy groups -OCH3 is 1. The van der Waals surface area contributed by atoms with Crippen molar-refractivity contribution in [3.8, 4) is 0 Å². The van der Waals surface area contributed by atoms with Gasteiger partial charge in [0.1, 0.15) is 5.76 Å². The van der Waals surface area contributed by atoms with E-state index in [1.807, 2.05) is 0 Å². The molecule has 6 heteroatoms. The Bertz CT molecular complexity index is 292. The number of furan rings is 1. The third-order valence-corrected chi connectivity index (χ3v) is 1.64. The third kappa shape index (κ3) is 2.27. The summed E-state index contributed by atoms with van der Waals surface area (Å²) in [5.74, 6) is -0.514. The lowest BCUT2D eigenvalue weighted by Gasteiger charge is -2.13. The molecule has 1 aromatic heterocycles. The summed E-state index contributed by atoms with van der Waals surface area (Å²) in [5, 5.41) is 8.88. The van der Waals surface area contributed by atoms with Crippen LogP contribution in [0, 0.1) is 0 Å². The summed E-state index contributed by atoms with van der Waals surface area (Å²) in [6.45, 7) is -0.0288. The largest absolute Gasteiger partial charge is 0.466 e. The molecule has 0 aliphatic carbocycles. The predicted octanol–water partition coefficient (Wildman–Crippen LogP) is 2.02. The highest BCUT2D eigenvalue weighted by molar-refractivity contribution is 5.19. The van der Waals surface area contributed by atoms with E-state index in [1.165, 1.54) is 13.2 Å². The minimum atomic E-state index is -4.72. The van der Waals surface area contributed by atoms with Gasteiger partial charge in [-0.2, -0.15) is 13.2 Å². The number of aliphatic hydroxyl groups excluding tert-OH is 1. The molecule has 1 rings (SSSR count). The Morgan fingerprint density at radius 3 is 2.71 bits per heavy atom. The highest BCUT2D eigenvalue weighted by Crippen LogP contribution is 2.34. The standard InChI is InChI=1S/C8H9F3O3/c1-13-4-5-2-3-14-6(5)7(12)8(9,10)11/h2-3,7,12H,4H2,1H3/t7-/m0/s1. The Hall–Kier alpha value is -1.01. The molecule has 14 heavy (non-hydrogen) atoms. The first-order valence-electron chi connectivity index (χ1n) is 3.76. The molecular formula is C8H9F3O3. The van der Waals surface area contributed by atoms with Crippen LogP contribution in [0.1, 0.15) is 17.4 Å². The second kappa shape index (κ2) is 4.02. The second-order valence-corrected chi connectivity index (χ2v) is 2.69. The Kier molecular flexibility index (Phi) is 3.17. The van der Waals surface area contributed by atoms with Crippen molar-refractivity contribution < 1.29 is 27.4 Å². The molecule has 0 aromatic carbocycles. The average Bonchev–Trinajstić information content (AvgIpc) is 2.50. The van der Waals surface area contributed by atoms with E-state index in [9.17, 15) is 13.2 Å². The molecule has 0 saturated carbocycles. The van der Waals surface area contributed by atoms with Gasteiger partial charge >= 0.3 is 6.18 Å². The summed E-state index contributed by atoms with van der Waals surface area (Å²) in [4.78, 5) is 0. The number of ether oxygens (including phenoxy) is 1. The van der Waals surface area contributed by atoms with Crippen LogP contribution >= 0.6 is 0 Å². The Labute approximate surface area is 78.1 Å². The molecule has 0 unspecified atom stereocenters. The molecule has 0 radical (unpaired) electrons. The molecule has 0 fully saturated rings. The zero-order chi connectivity index (χ0) is 10.8. The highest BCUT2D eigenvalue weighted by atomic mass is 19.4. The molecule has 0 aliphatic rings. The van der Waals surface area contributed by atoms with Gasteiger partial charge in [0.2, 0.25) is 6.10 Å². The van der Waals surface area contributed by atoms with Crippen LogP contribution in [-0.4, -0.2) is 18.4 Å². The number of alkyl halides is 3. The zero-order valence-corrected chi connectivity index (χ0v) is 7.34. The van der Waals surface area contributed by atoms with Gasteiger partial charge in [0.25, 0.3) is 0 Å². The third-order valence-electron chi connectivity index (χ3n) is 1.64. The van der Waals surface area contributed by atoms with Crippen LogP contribution in [0.2, 0.25) is 0 Å². The monoisotopic (exact) mass is 210 g/mol. The molecular weight excluding hydrogens is 201 g/mol. The molecule has 0 spiro atoms. The van der Waals surface area contributed by atoms with Crippen molar-refractivity contribution in [1.29, 1.82) is 0 Å². The summed E-state index contributed by atoms with van der Waals surface area (Å²) < 4.78 is 45.5. The van der Waals surface area contributed by atoms with E-state index >= 15 is 0 Å². The van der Waals surface area contributed by atoms with E-state index in [0.29, 0.717) is 0 Å². The minimum Gasteiger partial charge on any atom is -0.466 e. The van der Waals surface area contributed by atoms with E-state index in [0.717, 1.165) is 6.26 Å². The summed E-state index contributed by atoms with van der Waals surface area (Å²) in [7, 11) is 1.34. The van der Waals surface area contributed by atoms with E-state index in [-0.39, 0.29) is 12.2 Å². The van der Waals surface area contributed by atoms with Crippen LogP contribution in [0.5, 0.6) is 0 Å². The maximum absolute atomic E-state index is 12.1. The van der Waals surface area contributed by atoms with Crippen molar-refractivity contribution >= 4 is 0 Å².